The number of aromatic nitrogens is 2. The molecule has 0 aliphatic heterocycles. The Morgan fingerprint density at radius 3 is 2.56 bits per heavy atom. The van der Waals surface area contributed by atoms with Crippen molar-refractivity contribution < 1.29 is 5.11 Å². The quantitative estimate of drug-likeness (QED) is 0.767. The van der Waals surface area contributed by atoms with Crippen molar-refractivity contribution in [3.63, 3.8) is 0 Å². The Kier molecular flexibility index (Phi) is 3.32. The molecule has 0 saturated carbocycles. The second kappa shape index (κ2) is 4.91. The van der Waals surface area contributed by atoms with Crippen LogP contribution in [0, 0.1) is 0 Å². The maximum atomic E-state index is 11.9. The third kappa shape index (κ3) is 2.34. The summed E-state index contributed by atoms with van der Waals surface area (Å²) in [7, 11) is 0. The van der Waals surface area contributed by atoms with Gasteiger partial charge in [-0.15, -0.1) is 0 Å². The lowest BCUT2D eigenvalue weighted by Gasteiger charge is -2.06. The van der Waals surface area contributed by atoms with Gasteiger partial charge in [0.15, 0.2) is 0 Å². The molecular formula is C13H15N3O2. The molecule has 1 heterocycles. The molecule has 0 atom stereocenters. The Morgan fingerprint density at radius 2 is 2.00 bits per heavy atom. The number of nitrogen functional groups attached to an aromatic ring is 1. The van der Waals surface area contributed by atoms with Gasteiger partial charge in [-0.1, -0.05) is 13.3 Å². The van der Waals surface area contributed by atoms with Gasteiger partial charge in [0.25, 0.3) is 5.56 Å². The van der Waals surface area contributed by atoms with E-state index in [-0.39, 0.29) is 17.1 Å². The molecule has 2 aromatic rings. The van der Waals surface area contributed by atoms with Crippen molar-refractivity contribution in [2.75, 3.05) is 5.73 Å². The van der Waals surface area contributed by atoms with Crippen molar-refractivity contribution >= 4 is 5.82 Å². The average Bonchev–Trinajstić information content (AvgIpc) is 2.34. The van der Waals surface area contributed by atoms with E-state index in [9.17, 15) is 9.90 Å². The van der Waals surface area contributed by atoms with Crippen LogP contribution in [-0.2, 0) is 6.42 Å². The van der Waals surface area contributed by atoms with E-state index in [4.69, 9.17) is 5.73 Å². The molecule has 18 heavy (non-hydrogen) atoms. The minimum Gasteiger partial charge on any atom is -0.508 e. The normalized spacial score (nSPS) is 10.5. The van der Waals surface area contributed by atoms with E-state index in [1.165, 1.54) is 12.1 Å². The van der Waals surface area contributed by atoms with E-state index >= 15 is 0 Å². The lowest BCUT2D eigenvalue weighted by Crippen LogP contribution is -2.18. The van der Waals surface area contributed by atoms with Crippen molar-refractivity contribution in [2.24, 2.45) is 0 Å². The second-order valence-electron chi connectivity index (χ2n) is 4.08. The number of anilines is 1. The zero-order valence-corrected chi connectivity index (χ0v) is 10.1. The zero-order chi connectivity index (χ0) is 13.1. The molecular weight excluding hydrogens is 230 g/mol. The second-order valence-corrected chi connectivity index (χ2v) is 4.08. The van der Waals surface area contributed by atoms with Gasteiger partial charge in [-0.05, 0) is 30.7 Å². The summed E-state index contributed by atoms with van der Waals surface area (Å²) in [5.41, 5.74) is 6.83. The lowest BCUT2D eigenvalue weighted by atomic mass is 10.1. The molecule has 0 aliphatic rings. The predicted molar refractivity (Wildman–Crippen MR) is 70.4 cm³/mol. The number of benzene rings is 1. The summed E-state index contributed by atoms with van der Waals surface area (Å²) >= 11 is 0. The van der Waals surface area contributed by atoms with Gasteiger partial charge in [0.1, 0.15) is 17.4 Å². The summed E-state index contributed by atoms with van der Waals surface area (Å²) in [6.07, 6.45) is 1.46. The molecule has 0 amide bonds. The maximum absolute atomic E-state index is 11.9. The van der Waals surface area contributed by atoms with Crippen LogP contribution in [0.15, 0.2) is 29.1 Å². The van der Waals surface area contributed by atoms with E-state index in [0.717, 1.165) is 6.42 Å². The number of H-pyrrole nitrogens is 1. The van der Waals surface area contributed by atoms with Gasteiger partial charge in [0.05, 0.1) is 5.56 Å². The Balaban J connectivity index is 2.48. The van der Waals surface area contributed by atoms with Crippen LogP contribution >= 0.6 is 0 Å². The molecule has 0 fully saturated rings. The van der Waals surface area contributed by atoms with Crippen LogP contribution in [0.25, 0.3) is 11.4 Å². The summed E-state index contributed by atoms with van der Waals surface area (Å²) in [6, 6.07) is 6.41. The fourth-order valence-electron chi connectivity index (χ4n) is 1.76. The van der Waals surface area contributed by atoms with Gasteiger partial charge >= 0.3 is 0 Å². The minimum atomic E-state index is -0.201. The van der Waals surface area contributed by atoms with E-state index in [1.807, 2.05) is 6.92 Å². The van der Waals surface area contributed by atoms with Crippen molar-refractivity contribution in [3.05, 3.63) is 40.2 Å². The molecule has 0 radical (unpaired) electrons. The van der Waals surface area contributed by atoms with Crippen molar-refractivity contribution in [3.8, 4) is 17.1 Å². The molecule has 2 rings (SSSR count). The molecule has 1 aromatic heterocycles. The third-order valence-corrected chi connectivity index (χ3v) is 2.69. The van der Waals surface area contributed by atoms with Gasteiger partial charge in [-0.3, -0.25) is 4.79 Å². The van der Waals surface area contributed by atoms with Gasteiger partial charge in [-0.2, -0.15) is 0 Å². The lowest BCUT2D eigenvalue weighted by molar-refractivity contribution is 0.475. The predicted octanol–water partition coefficient (Wildman–Crippen LogP) is 1.68. The molecule has 0 saturated heterocycles. The topological polar surface area (TPSA) is 92.0 Å². The average molecular weight is 245 g/mol. The van der Waals surface area contributed by atoms with Crippen LogP contribution in [0.5, 0.6) is 5.75 Å². The number of hydrogen-bond donors (Lipinski definition) is 3. The van der Waals surface area contributed by atoms with Gasteiger partial charge in [-0.25, -0.2) is 4.98 Å². The number of phenols is 1. The number of rotatable bonds is 3. The van der Waals surface area contributed by atoms with E-state index < -0.39 is 0 Å². The van der Waals surface area contributed by atoms with Crippen molar-refractivity contribution in [1.29, 1.82) is 0 Å². The standard InChI is InChI=1S/C13H15N3O2/c1-2-3-10-11(14)15-12(16-13(10)18)8-4-6-9(17)7-5-8/h4-7,17H,2-3H2,1H3,(H3,14,15,16,18). The highest BCUT2D eigenvalue weighted by Gasteiger charge is 2.09. The molecule has 0 unspecified atom stereocenters. The fraction of sp³-hybridized carbons (Fsp3) is 0.231. The molecule has 0 bridgehead atoms. The number of nitrogens with one attached hydrogen (secondary N) is 1. The number of aromatic amines is 1. The van der Waals surface area contributed by atoms with Crippen molar-refractivity contribution in [2.45, 2.75) is 19.8 Å². The molecule has 0 aliphatic carbocycles. The molecule has 5 nitrogen and oxygen atoms in total. The Hall–Kier alpha value is -2.30. The number of nitrogens with zero attached hydrogens (tertiary/aromatic N) is 1. The largest absolute Gasteiger partial charge is 0.508 e. The first kappa shape index (κ1) is 12.2. The molecule has 5 heteroatoms. The van der Waals surface area contributed by atoms with Crippen LogP contribution in [0.2, 0.25) is 0 Å². The van der Waals surface area contributed by atoms with Gasteiger partial charge < -0.3 is 15.8 Å². The van der Waals surface area contributed by atoms with E-state index in [2.05, 4.69) is 9.97 Å². The van der Waals surface area contributed by atoms with Crippen LogP contribution in [0.1, 0.15) is 18.9 Å². The fourth-order valence-corrected chi connectivity index (χ4v) is 1.76. The highest BCUT2D eigenvalue weighted by Crippen LogP contribution is 2.19. The summed E-state index contributed by atoms with van der Waals surface area (Å²) in [6.45, 7) is 1.98. The molecule has 4 N–H and O–H groups in total. The van der Waals surface area contributed by atoms with Gasteiger partial charge in [0, 0.05) is 5.56 Å². The summed E-state index contributed by atoms with van der Waals surface area (Å²) < 4.78 is 0. The number of hydrogen-bond acceptors (Lipinski definition) is 4. The molecule has 94 valence electrons. The van der Waals surface area contributed by atoms with Crippen LogP contribution in [0.4, 0.5) is 5.82 Å². The number of phenolic OH excluding ortho intramolecular Hbond substituents is 1. The summed E-state index contributed by atoms with van der Waals surface area (Å²) in [5, 5.41) is 9.21. The van der Waals surface area contributed by atoms with Crippen LogP contribution in [-0.4, -0.2) is 15.1 Å². The summed E-state index contributed by atoms with van der Waals surface area (Å²) in [4.78, 5) is 18.8. The first-order chi connectivity index (χ1) is 8.61. The SMILES string of the molecule is CCCc1c(N)nc(-c2ccc(O)cc2)[nH]c1=O. The highest BCUT2D eigenvalue weighted by atomic mass is 16.3. The molecule has 1 aromatic carbocycles. The minimum absolute atomic E-state index is 0.164. The van der Waals surface area contributed by atoms with Gasteiger partial charge in [0.2, 0.25) is 0 Å². The van der Waals surface area contributed by atoms with Crippen LogP contribution < -0.4 is 11.3 Å². The first-order valence-corrected chi connectivity index (χ1v) is 5.80. The van der Waals surface area contributed by atoms with Crippen molar-refractivity contribution in [1.82, 2.24) is 9.97 Å². The number of nitrogens with two attached hydrogens (primary N) is 1. The molecule has 0 spiro atoms. The smallest absolute Gasteiger partial charge is 0.256 e. The van der Waals surface area contributed by atoms with Crippen LogP contribution in [0.3, 0.4) is 0 Å². The number of aromatic hydroxyl groups is 1. The monoisotopic (exact) mass is 245 g/mol. The Morgan fingerprint density at radius 1 is 1.33 bits per heavy atom. The first-order valence-electron chi connectivity index (χ1n) is 5.80. The Labute approximate surface area is 104 Å². The van der Waals surface area contributed by atoms with E-state index in [1.54, 1.807) is 12.1 Å². The summed E-state index contributed by atoms with van der Waals surface area (Å²) in [5.74, 6) is 0.845. The highest BCUT2D eigenvalue weighted by molar-refractivity contribution is 5.58. The zero-order valence-electron chi connectivity index (χ0n) is 10.1. The third-order valence-electron chi connectivity index (χ3n) is 2.69. The van der Waals surface area contributed by atoms with E-state index in [0.29, 0.717) is 23.4 Å². The maximum Gasteiger partial charge on any atom is 0.256 e. The Bertz CT molecular complexity index is 603.